The fraction of sp³-hybridized carbons (Fsp3) is 0.435. The lowest BCUT2D eigenvalue weighted by Gasteiger charge is -2.22. The maximum atomic E-state index is 13.5. The van der Waals surface area contributed by atoms with E-state index in [2.05, 4.69) is 43.4 Å². The number of anilines is 1. The van der Waals surface area contributed by atoms with Gasteiger partial charge in [0.1, 0.15) is 0 Å². The van der Waals surface area contributed by atoms with Gasteiger partial charge < -0.3 is 5.32 Å². The molecule has 170 valence electrons. The average Bonchev–Trinajstić information content (AvgIpc) is 2.70. The van der Waals surface area contributed by atoms with Crippen LogP contribution in [0.2, 0.25) is 0 Å². The van der Waals surface area contributed by atoms with Gasteiger partial charge in [0.15, 0.2) is 11.6 Å². The summed E-state index contributed by atoms with van der Waals surface area (Å²) in [6.07, 6.45) is 3.04. The molecule has 0 radical (unpaired) electrons. The van der Waals surface area contributed by atoms with Gasteiger partial charge in [-0.2, -0.15) is 0 Å². The van der Waals surface area contributed by atoms with E-state index in [-0.39, 0.29) is 31.0 Å². The Kier molecular flexibility index (Phi) is 8.98. The lowest BCUT2D eigenvalue weighted by molar-refractivity contribution is -0.121. The van der Waals surface area contributed by atoms with Gasteiger partial charge in [-0.25, -0.2) is 17.2 Å². The predicted octanol–water partition coefficient (Wildman–Crippen LogP) is 4.38. The molecule has 0 fully saturated rings. The molecule has 31 heavy (non-hydrogen) atoms. The third-order valence-corrected chi connectivity index (χ3v) is 6.16. The van der Waals surface area contributed by atoms with Gasteiger partial charge >= 0.3 is 0 Å². The molecule has 0 saturated carbocycles. The van der Waals surface area contributed by atoms with Gasteiger partial charge in [-0.1, -0.05) is 38.1 Å². The molecule has 2 aromatic rings. The molecular formula is C23H30F2N2O3S. The van der Waals surface area contributed by atoms with Crippen LogP contribution < -0.4 is 9.62 Å². The number of rotatable bonds is 11. The van der Waals surface area contributed by atoms with Crippen LogP contribution in [0.1, 0.15) is 50.2 Å². The van der Waals surface area contributed by atoms with E-state index in [9.17, 15) is 22.0 Å². The number of sulfonamides is 1. The summed E-state index contributed by atoms with van der Waals surface area (Å²) in [7, 11) is -3.69. The summed E-state index contributed by atoms with van der Waals surface area (Å²) < 4.78 is 51.6. The largest absolute Gasteiger partial charge is 0.356 e. The molecule has 0 spiro atoms. The molecule has 0 aliphatic carbocycles. The number of nitrogens with zero attached hydrogens (tertiary/aromatic N) is 1. The maximum absolute atomic E-state index is 13.5. The molecular weight excluding hydrogens is 422 g/mol. The van der Waals surface area contributed by atoms with Gasteiger partial charge in [-0.15, -0.1) is 0 Å². The minimum Gasteiger partial charge on any atom is -0.356 e. The number of aryl methyl sites for hydroxylation is 1. The third-order valence-electron chi connectivity index (χ3n) is 4.97. The Morgan fingerprint density at radius 3 is 2.29 bits per heavy atom. The first kappa shape index (κ1) is 24.8. The fourth-order valence-electron chi connectivity index (χ4n) is 3.19. The first-order valence-corrected chi connectivity index (χ1v) is 12.2. The van der Waals surface area contributed by atoms with Crippen molar-refractivity contribution in [2.45, 2.75) is 45.4 Å². The Hall–Kier alpha value is -2.48. The van der Waals surface area contributed by atoms with Crippen LogP contribution in [0.15, 0.2) is 42.5 Å². The lowest BCUT2D eigenvalue weighted by Crippen LogP contribution is -2.32. The number of hydrogen-bond acceptors (Lipinski definition) is 3. The van der Waals surface area contributed by atoms with Gasteiger partial charge in [0.25, 0.3) is 0 Å². The molecule has 0 heterocycles. The lowest BCUT2D eigenvalue weighted by atomic mass is 10.0. The molecule has 2 aromatic carbocycles. The molecule has 1 amide bonds. The van der Waals surface area contributed by atoms with Crippen LogP contribution in [0.4, 0.5) is 14.5 Å². The van der Waals surface area contributed by atoms with Crippen LogP contribution >= 0.6 is 0 Å². The first-order valence-electron chi connectivity index (χ1n) is 10.4. The van der Waals surface area contributed by atoms with Crippen molar-refractivity contribution in [3.63, 3.8) is 0 Å². The van der Waals surface area contributed by atoms with E-state index in [0.29, 0.717) is 12.5 Å². The molecule has 0 atom stereocenters. The number of amides is 1. The number of carbonyl (C=O) groups is 1. The summed E-state index contributed by atoms with van der Waals surface area (Å²) in [5.41, 5.74) is 2.54. The zero-order chi connectivity index (χ0) is 23.0. The zero-order valence-corrected chi connectivity index (χ0v) is 19.0. The van der Waals surface area contributed by atoms with Crippen LogP contribution in [0.5, 0.6) is 0 Å². The van der Waals surface area contributed by atoms with Gasteiger partial charge in [0, 0.05) is 25.6 Å². The van der Waals surface area contributed by atoms with Crippen molar-refractivity contribution in [3.8, 4) is 0 Å². The highest BCUT2D eigenvalue weighted by molar-refractivity contribution is 7.92. The summed E-state index contributed by atoms with van der Waals surface area (Å²) in [5.74, 6) is -1.85. The van der Waals surface area contributed by atoms with Gasteiger partial charge in [0.2, 0.25) is 15.9 Å². The molecule has 0 aromatic heterocycles. The Morgan fingerprint density at radius 1 is 1.03 bits per heavy atom. The molecule has 1 N–H and O–H groups in total. The second kappa shape index (κ2) is 11.2. The van der Waals surface area contributed by atoms with E-state index < -0.39 is 21.7 Å². The SMILES string of the molecule is CC(C)c1ccc(CCCNC(=O)CCCN(c2ccc(F)c(F)c2)S(C)(=O)=O)cc1. The molecule has 0 saturated heterocycles. The number of carbonyl (C=O) groups excluding carboxylic acids is 1. The second-order valence-electron chi connectivity index (χ2n) is 7.89. The fourth-order valence-corrected chi connectivity index (χ4v) is 4.14. The molecule has 5 nitrogen and oxygen atoms in total. The van der Waals surface area contributed by atoms with E-state index in [0.717, 1.165) is 35.5 Å². The average molecular weight is 453 g/mol. The minimum absolute atomic E-state index is 0.000471. The molecule has 0 aliphatic rings. The molecule has 0 unspecified atom stereocenters. The summed E-state index contributed by atoms with van der Waals surface area (Å²) in [6.45, 7) is 4.83. The monoisotopic (exact) mass is 452 g/mol. The van der Waals surface area contributed by atoms with E-state index in [1.807, 2.05) is 0 Å². The quantitative estimate of drug-likeness (QED) is 0.515. The standard InChI is InChI=1S/C23H30F2N2O3S/c1-17(2)19-10-8-18(9-11-19)6-4-14-26-23(28)7-5-15-27(31(3,29)30)20-12-13-21(24)22(25)16-20/h8-13,16-17H,4-7,14-15H2,1-3H3,(H,26,28). The van der Waals surface area contributed by atoms with Crippen molar-refractivity contribution >= 4 is 21.6 Å². The second-order valence-corrected chi connectivity index (χ2v) is 9.79. The van der Waals surface area contributed by atoms with E-state index in [1.165, 1.54) is 17.2 Å². The minimum atomic E-state index is -3.69. The summed E-state index contributed by atoms with van der Waals surface area (Å²) in [5, 5.41) is 2.83. The number of halogens is 2. The normalized spacial score (nSPS) is 11.5. The van der Waals surface area contributed by atoms with Crippen LogP contribution in [0.25, 0.3) is 0 Å². The van der Waals surface area contributed by atoms with E-state index >= 15 is 0 Å². The highest BCUT2D eigenvalue weighted by Crippen LogP contribution is 2.21. The molecule has 8 heteroatoms. The van der Waals surface area contributed by atoms with E-state index in [4.69, 9.17) is 0 Å². The van der Waals surface area contributed by atoms with Crippen LogP contribution in [0.3, 0.4) is 0 Å². The molecule has 0 bridgehead atoms. The number of benzene rings is 2. The predicted molar refractivity (Wildman–Crippen MR) is 120 cm³/mol. The van der Waals surface area contributed by atoms with Crippen molar-refractivity contribution in [2.24, 2.45) is 0 Å². The number of nitrogens with one attached hydrogen (secondary N) is 1. The van der Waals surface area contributed by atoms with Crippen molar-refractivity contribution in [1.82, 2.24) is 5.32 Å². The third kappa shape index (κ3) is 7.94. The van der Waals surface area contributed by atoms with Crippen molar-refractivity contribution in [1.29, 1.82) is 0 Å². The van der Waals surface area contributed by atoms with Crippen molar-refractivity contribution < 1.29 is 22.0 Å². The summed E-state index contributed by atoms with van der Waals surface area (Å²) in [6, 6.07) is 11.4. The summed E-state index contributed by atoms with van der Waals surface area (Å²) in [4.78, 5) is 12.1. The number of hydrogen-bond donors (Lipinski definition) is 1. The Labute approximate surface area is 183 Å². The molecule has 2 rings (SSSR count). The van der Waals surface area contributed by atoms with Crippen LogP contribution in [-0.2, 0) is 21.2 Å². The zero-order valence-electron chi connectivity index (χ0n) is 18.2. The van der Waals surface area contributed by atoms with Crippen molar-refractivity contribution in [2.75, 3.05) is 23.7 Å². The highest BCUT2D eigenvalue weighted by atomic mass is 32.2. The van der Waals surface area contributed by atoms with Crippen LogP contribution in [0, 0.1) is 11.6 Å². The summed E-state index contributed by atoms with van der Waals surface area (Å²) >= 11 is 0. The topological polar surface area (TPSA) is 66.5 Å². The highest BCUT2D eigenvalue weighted by Gasteiger charge is 2.19. The van der Waals surface area contributed by atoms with Crippen LogP contribution in [-0.4, -0.2) is 33.7 Å². The van der Waals surface area contributed by atoms with E-state index in [1.54, 1.807) is 0 Å². The maximum Gasteiger partial charge on any atom is 0.232 e. The van der Waals surface area contributed by atoms with Gasteiger partial charge in [0.05, 0.1) is 11.9 Å². The first-order chi connectivity index (χ1) is 14.6. The van der Waals surface area contributed by atoms with Crippen molar-refractivity contribution in [3.05, 3.63) is 65.2 Å². The Bertz CT molecular complexity index is 977. The molecule has 0 aliphatic heterocycles. The van der Waals surface area contributed by atoms with Gasteiger partial charge in [-0.3, -0.25) is 9.10 Å². The smallest absolute Gasteiger partial charge is 0.232 e. The van der Waals surface area contributed by atoms with Gasteiger partial charge in [-0.05, 0) is 48.4 Å². The Balaban J connectivity index is 1.76. The Morgan fingerprint density at radius 2 is 1.71 bits per heavy atom.